The van der Waals surface area contributed by atoms with Crippen LogP contribution >= 0.6 is 11.8 Å². The predicted molar refractivity (Wildman–Crippen MR) is 97.2 cm³/mol. The molecule has 0 amide bonds. The normalized spacial score (nSPS) is 20.2. The van der Waals surface area contributed by atoms with Gasteiger partial charge in [0, 0.05) is 17.8 Å². The van der Waals surface area contributed by atoms with Crippen LogP contribution in [0.4, 0.5) is 0 Å². The van der Waals surface area contributed by atoms with Crippen molar-refractivity contribution in [3.8, 4) is 17.2 Å². The van der Waals surface area contributed by atoms with Crippen molar-refractivity contribution in [2.24, 2.45) is 4.99 Å². The lowest BCUT2D eigenvalue weighted by Gasteiger charge is -2.34. The summed E-state index contributed by atoms with van der Waals surface area (Å²) < 4.78 is 21.9. The van der Waals surface area contributed by atoms with E-state index in [2.05, 4.69) is 4.99 Å². The van der Waals surface area contributed by atoms with Crippen LogP contribution in [0.25, 0.3) is 0 Å². The number of nitrogens with zero attached hydrogens (tertiary/aromatic N) is 2. The maximum atomic E-state index is 12.7. The lowest BCUT2D eigenvalue weighted by Crippen LogP contribution is -2.34. The summed E-state index contributed by atoms with van der Waals surface area (Å²) in [5.41, 5.74) is 1.91. The zero-order chi connectivity index (χ0) is 18.3. The Morgan fingerprint density at radius 3 is 2.88 bits per heavy atom. The predicted octanol–water partition coefficient (Wildman–Crippen LogP) is 3.19. The number of hydrogen-bond acceptors (Lipinski definition) is 8. The molecule has 136 valence electrons. The summed E-state index contributed by atoms with van der Waals surface area (Å²) >= 11 is 1.51. The molecular formula is C18H18N2O5S. The van der Waals surface area contributed by atoms with Gasteiger partial charge in [-0.05, 0) is 25.3 Å². The van der Waals surface area contributed by atoms with Crippen molar-refractivity contribution < 1.29 is 23.7 Å². The maximum Gasteiger partial charge on any atom is 0.338 e. The number of esters is 1. The highest BCUT2D eigenvalue weighted by Gasteiger charge is 2.39. The number of methoxy groups -OCH3 is 1. The van der Waals surface area contributed by atoms with E-state index in [1.54, 1.807) is 20.1 Å². The van der Waals surface area contributed by atoms with Gasteiger partial charge >= 0.3 is 5.97 Å². The number of fused-ring (bicyclic) bond motifs is 2. The minimum Gasteiger partial charge on any atom is -0.496 e. The van der Waals surface area contributed by atoms with E-state index in [0.29, 0.717) is 35.1 Å². The Kier molecular flexibility index (Phi) is 4.28. The smallest absolute Gasteiger partial charge is 0.338 e. The molecule has 26 heavy (non-hydrogen) atoms. The lowest BCUT2D eigenvalue weighted by atomic mass is 9.93. The largest absolute Gasteiger partial charge is 0.496 e. The average molecular weight is 374 g/mol. The van der Waals surface area contributed by atoms with E-state index in [1.165, 1.54) is 11.8 Å². The van der Waals surface area contributed by atoms with Crippen LogP contribution in [0.1, 0.15) is 25.5 Å². The van der Waals surface area contributed by atoms with Crippen LogP contribution in [0, 0.1) is 0 Å². The van der Waals surface area contributed by atoms with Gasteiger partial charge in [-0.2, -0.15) is 0 Å². The second-order valence-electron chi connectivity index (χ2n) is 5.77. The first-order valence-corrected chi connectivity index (χ1v) is 9.07. The first-order valence-electron chi connectivity index (χ1n) is 8.19. The number of aliphatic imine (C=N–C) groups is 1. The summed E-state index contributed by atoms with van der Waals surface area (Å²) in [6.07, 6.45) is 1.91. The zero-order valence-corrected chi connectivity index (χ0v) is 15.5. The zero-order valence-electron chi connectivity index (χ0n) is 14.6. The van der Waals surface area contributed by atoms with E-state index in [9.17, 15) is 4.79 Å². The van der Waals surface area contributed by atoms with Crippen molar-refractivity contribution in [2.75, 3.05) is 20.5 Å². The Morgan fingerprint density at radius 2 is 2.15 bits per heavy atom. The summed E-state index contributed by atoms with van der Waals surface area (Å²) in [6, 6.07) is 3.23. The molecule has 0 aromatic heterocycles. The third kappa shape index (κ3) is 2.61. The molecule has 7 nitrogen and oxygen atoms in total. The van der Waals surface area contributed by atoms with Crippen molar-refractivity contribution in [3.05, 3.63) is 40.6 Å². The topological polar surface area (TPSA) is 69.6 Å². The van der Waals surface area contributed by atoms with Gasteiger partial charge in [-0.3, -0.25) is 0 Å². The first-order chi connectivity index (χ1) is 12.6. The Hall–Kier alpha value is -2.61. The van der Waals surface area contributed by atoms with Gasteiger partial charge in [-0.15, -0.1) is 0 Å². The molecule has 0 saturated heterocycles. The number of allylic oxidation sites excluding steroid dienone is 1. The van der Waals surface area contributed by atoms with E-state index in [1.807, 2.05) is 29.5 Å². The fraction of sp³-hybridized carbons (Fsp3) is 0.333. The number of hydrogen-bond donors (Lipinski definition) is 0. The molecule has 1 aromatic rings. The summed E-state index contributed by atoms with van der Waals surface area (Å²) in [7, 11) is 1.59. The quantitative estimate of drug-likeness (QED) is 0.750. The highest BCUT2D eigenvalue weighted by Crippen LogP contribution is 2.47. The van der Waals surface area contributed by atoms with E-state index in [4.69, 9.17) is 18.9 Å². The lowest BCUT2D eigenvalue weighted by molar-refractivity contribution is -0.139. The van der Waals surface area contributed by atoms with Crippen LogP contribution in [0.5, 0.6) is 17.2 Å². The van der Waals surface area contributed by atoms with Crippen molar-refractivity contribution >= 4 is 22.9 Å². The average Bonchev–Trinajstić information content (AvgIpc) is 3.27. The first kappa shape index (κ1) is 16.8. The SMILES string of the molecule is CCOC(=O)C1=C(C)N=C2SC=CN2[C@@H]1c1cc2c(cc1OC)OCO2. The molecular weight excluding hydrogens is 356 g/mol. The molecule has 4 rings (SSSR count). The Morgan fingerprint density at radius 1 is 1.38 bits per heavy atom. The molecule has 3 aliphatic heterocycles. The molecule has 8 heteroatoms. The van der Waals surface area contributed by atoms with Crippen LogP contribution in [0.3, 0.4) is 0 Å². The third-order valence-electron chi connectivity index (χ3n) is 4.34. The number of amidine groups is 1. The molecule has 0 spiro atoms. The number of rotatable bonds is 4. The molecule has 1 atom stereocenters. The van der Waals surface area contributed by atoms with Gasteiger partial charge in [0.2, 0.25) is 6.79 Å². The van der Waals surface area contributed by atoms with Crippen LogP contribution in [0.15, 0.2) is 40.0 Å². The monoisotopic (exact) mass is 374 g/mol. The van der Waals surface area contributed by atoms with Crippen molar-refractivity contribution in [1.29, 1.82) is 0 Å². The van der Waals surface area contributed by atoms with Crippen LogP contribution in [-0.4, -0.2) is 36.5 Å². The van der Waals surface area contributed by atoms with Crippen molar-refractivity contribution in [1.82, 2.24) is 4.90 Å². The maximum absolute atomic E-state index is 12.7. The van der Waals surface area contributed by atoms with Gasteiger partial charge in [-0.25, -0.2) is 9.79 Å². The van der Waals surface area contributed by atoms with Crippen molar-refractivity contribution in [2.45, 2.75) is 19.9 Å². The van der Waals surface area contributed by atoms with Crippen LogP contribution < -0.4 is 14.2 Å². The minimum atomic E-state index is -0.419. The summed E-state index contributed by atoms with van der Waals surface area (Å²) in [6.45, 7) is 4.06. The fourth-order valence-electron chi connectivity index (χ4n) is 3.21. The summed E-state index contributed by atoms with van der Waals surface area (Å²) in [5.74, 6) is 1.48. The molecule has 0 radical (unpaired) electrons. The molecule has 0 fully saturated rings. The molecule has 0 unspecified atom stereocenters. The molecule has 0 bridgehead atoms. The van der Waals surface area contributed by atoms with E-state index < -0.39 is 6.04 Å². The standard InChI is InChI=1S/C18H18N2O5S/c1-4-23-17(21)15-10(2)19-18-20(5-6-26-18)16(15)11-7-13-14(25-9-24-13)8-12(11)22-3/h5-8,16H,4,9H2,1-3H3/t16-/m1/s1. The number of carbonyl (C=O) groups excluding carboxylic acids is 1. The van der Waals surface area contributed by atoms with Gasteiger partial charge in [0.25, 0.3) is 0 Å². The highest BCUT2D eigenvalue weighted by molar-refractivity contribution is 8.16. The van der Waals surface area contributed by atoms with Crippen molar-refractivity contribution in [3.63, 3.8) is 0 Å². The third-order valence-corrected chi connectivity index (χ3v) is 5.11. The van der Waals surface area contributed by atoms with E-state index in [-0.39, 0.29) is 12.8 Å². The van der Waals surface area contributed by atoms with Crippen LogP contribution in [0.2, 0.25) is 0 Å². The van der Waals surface area contributed by atoms with Crippen LogP contribution in [-0.2, 0) is 9.53 Å². The summed E-state index contributed by atoms with van der Waals surface area (Å²) in [4.78, 5) is 19.2. The highest BCUT2D eigenvalue weighted by atomic mass is 32.2. The van der Waals surface area contributed by atoms with Gasteiger partial charge in [0.1, 0.15) is 5.75 Å². The van der Waals surface area contributed by atoms with Gasteiger partial charge < -0.3 is 23.8 Å². The molecule has 3 heterocycles. The number of ether oxygens (including phenoxy) is 4. The molecule has 3 aliphatic rings. The van der Waals surface area contributed by atoms with Gasteiger partial charge in [0.05, 0.1) is 31.0 Å². The van der Waals surface area contributed by atoms with Gasteiger partial charge in [-0.1, -0.05) is 11.8 Å². The number of benzene rings is 1. The molecule has 0 aliphatic carbocycles. The van der Waals surface area contributed by atoms with Gasteiger partial charge in [0.15, 0.2) is 16.7 Å². The molecule has 0 N–H and O–H groups in total. The minimum absolute atomic E-state index is 0.165. The number of carbonyl (C=O) groups is 1. The van der Waals surface area contributed by atoms with E-state index >= 15 is 0 Å². The Balaban J connectivity index is 1.88. The molecule has 0 saturated carbocycles. The molecule has 1 aromatic carbocycles. The van der Waals surface area contributed by atoms with E-state index in [0.717, 1.165) is 10.7 Å². The number of thioether (sulfide) groups is 1. The Labute approximate surface area is 155 Å². The second-order valence-corrected chi connectivity index (χ2v) is 6.65. The fourth-order valence-corrected chi connectivity index (χ4v) is 4.00. The Bertz CT molecular complexity index is 861. The second kappa shape index (κ2) is 6.60. The summed E-state index contributed by atoms with van der Waals surface area (Å²) in [5, 5.41) is 2.74.